The van der Waals surface area contributed by atoms with Crippen LogP contribution < -0.4 is 5.32 Å². The van der Waals surface area contributed by atoms with Crippen LogP contribution in [0.1, 0.15) is 19.3 Å². The van der Waals surface area contributed by atoms with Crippen LogP contribution in [0.2, 0.25) is 5.28 Å². The summed E-state index contributed by atoms with van der Waals surface area (Å²) in [5.41, 5.74) is 0.666. The molecule has 2 aromatic rings. The number of likely N-dealkylation sites (tertiary alicyclic amines) is 1. The zero-order valence-corrected chi connectivity index (χ0v) is 11.6. The number of likely N-dealkylation sites (N-methyl/N-ethyl adjacent to an activating group) is 1. The number of H-pyrrole nitrogens is 1. The summed E-state index contributed by atoms with van der Waals surface area (Å²) in [4.78, 5) is 10.7. The Labute approximate surface area is 116 Å². The SMILES string of the molecule is CN1CCCCC1CNc1nc(Cl)nc2[nH]ncc12. The molecule has 0 saturated carbocycles. The van der Waals surface area contributed by atoms with E-state index in [-0.39, 0.29) is 5.28 Å². The van der Waals surface area contributed by atoms with Gasteiger partial charge in [0.2, 0.25) is 5.28 Å². The molecule has 1 saturated heterocycles. The van der Waals surface area contributed by atoms with E-state index in [1.807, 2.05) is 0 Å². The first-order valence-corrected chi connectivity index (χ1v) is 6.92. The van der Waals surface area contributed by atoms with Crippen molar-refractivity contribution in [3.05, 3.63) is 11.5 Å². The maximum absolute atomic E-state index is 5.91. The molecule has 0 amide bonds. The molecule has 0 radical (unpaired) electrons. The Hall–Kier alpha value is -1.40. The van der Waals surface area contributed by atoms with E-state index in [9.17, 15) is 0 Å². The van der Waals surface area contributed by atoms with E-state index < -0.39 is 0 Å². The van der Waals surface area contributed by atoms with Gasteiger partial charge in [0, 0.05) is 12.6 Å². The van der Waals surface area contributed by atoms with Crippen molar-refractivity contribution in [2.75, 3.05) is 25.5 Å². The van der Waals surface area contributed by atoms with Gasteiger partial charge in [-0.2, -0.15) is 15.1 Å². The standard InChI is InChI=1S/C12H17ClN6/c1-19-5-3-2-4-8(19)6-14-10-9-7-15-18-11(9)17-12(13)16-10/h7-8H,2-6H2,1H3,(H2,14,15,16,17,18). The van der Waals surface area contributed by atoms with Gasteiger partial charge in [0.15, 0.2) is 5.65 Å². The van der Waals surface area contributed by atoms with Gasteiger partial charge in [-0.15, -0.1) is 0 Å². The van der Waals surface area contributed by atoms with E-state index in [0.717, 1.165) is 24.3 Å². The van der Waals surface area contributed by atoms with Crippen molar-refractivity contribution in [2.45, 2.75) is 25.3 Å². The highest BCUT2D eigenvalue weighted by atomic mass is 35.5. The lowest BCUT2D eigenvalue weighted by atomic mass is 10.0. The van der Waals surface area contributed by atoms with Crippen LogP contribution in [0.25, 0.3) is 11.0 Å². The third-order valence-corrected chi connectivity index (χ3v) is 3.88. The Balaban J connectivity index is 1.75. The minimum Gasteiger partial charge on any atom is -0.368 e. The van der Waals surface area contributed by atoms with Crippen LogP contribution in [0.4, 0.5) is 5.82 Å². The predicted molar refractivity (Wildman–Crippen MR) is 75.5 cm³/mol. The Morgan fingerprint density at radius 3 is 3.21 bits per heavy atom. The van der Waals surface area contributed by atoms with Gasteiger partial charge in [0.05, 0.1) is 11.6 Å². The third kappa shape index (κ3) is 2.64. The number of nitrogens with one attached hydrogen (secondary N) is 2. The molecule has 7 heteroatoms. The lowest BCUT2D eigenvalue weighted by molar-refractivity contribution is 0.194. The van der Waals surface area contributed by atoms with Crippen molar-refractivity contribution in [1.29, 1.82) is 0 Å². The van der Waals surface area contributed by atoms with Crippen LogP contribution in [0, 0.1) is 0 Å². The summed E-state index contributed by atoms with van der Waals surface area (Å²) >= 11 is 5.91. The van der Waals surface area contributed by atoms with E-state index in [1.54, 1.807) is 6.20 Å². The lowest BCUT2D eigenvalue weighted by Gasteiger charge is -2.32. The molecule has 102 valence electrons. The minimum absolute atomic E-state index is 0.233. The van der Waals surface area contributed by atoms with Crippen LogP contribution >= 0.6 is 11.6 Å². The minimum atomic E-state index is 0.233. The first-order chi connectivity index (χ1) is 9.24. The number of fused-ring (bicyclic) bond motifs is 1. The average Bonchev–Trinajstić information content (AvgIpc) is 2.85. The molecule has 1 aliphatic heterocycles. The summed E-state index contributed by atoms with van der Waals surface area (Å²) in [6.07, 6.45) is 5.52. The molecule has 1 unspecified atom stereocenters. The van der Waals surface area contributed by atoms with Gasteiger partial charge in [0.25, 0.3) is 0 Å². The first kappa shape index (κ1) is 12.6. The lowest BCUT2D eigenvalue weighted by Crippen LogP contribution is -2.40. The molecule has 0 aliphatic carbocycles. The molecule has 1 aliphatic rings. The van der Waals surface area contributed by atoms with Gasteiger partial charge in [-0.1, -0.05) is 6.42 Å². The molecular weight excluding hydrogens is 264 g/mol. The van der Waals surface area contributed by atoms with Crippen molar-refractivity contribution in [1.82, 2.24) is 25.1 Å². The number of aromatic amines is 1. The van der Waals surface area contributed by atoms with E-state index in [1.165, 1.54) is 19.3 Å². The summed E-state index contributed by atoms with van der Waals surface area (Å²) in [7, 11) is 2.17. The number of aromatic nitrogens is 4. The number of halogens is 1. The van der Waals surface area contributed by atoms with E-state index in [0.29, 0.717) is 11.7 Å². The van der Waals surface area contributed by atoms with Crippen LogP contribution in [0.3, 0.4) is 0 Å². The number of piperidine rings is 1. The highest BCUT2D eigenvalue weighted by Gasteiger charge is 2.19. The molecule has 0 aromatic carbocycles. The van der Waals surface area contributed by atoms with Gasteiger partial charge in [0.1, 0.15) is 5.82 Å². The van der Waals surface area contributed by atoms with Gasteiger partial charge in [-0.3, -0.25) is 5.10 Å². The molecule has 1 atom stereocenters. The summed E-state index contributed by atoms with van der Waals surface area (Å²) in [6.45, 7) is 2.03. The molecule has 1 fully saturated rings. The summed E-state index contributed by atoms with van der Waals surface area (Å²) in [5, 5.41) is 11.3. The highest BCUT2D eigenvalue weighted by Crippen LogP contribution is 2.21. The summed E-state index contributed by atoms with van der Waals surface area (Å²) < 4.78 is 0. The van der Waals surface area contributed by atoms with Crippen molar-refractivity contribution in [2.24, 2.45) is 0 Å². The topological polar surface area (TPSA) is 69.7 Å². The molecule has 3 heterocycles. The molecule has 2 aromatic heterocycles. The Kier molecular flexibility index (Phi) is 3.52. The fourth-order valence-corrected chi connectivity index (χ4v) is 2.73. The Morgan fingerprint density at radius 2 is 2.37 bits per heavy atom. The maximum atomic E-state index is 5.91. The van der Waals surface area contributed by atoms with E-state index in [4.69, 9.17) is 11.6 Å². The zero-order chi connectivity index (χ0) is 13.2. The van der Waals surface area contributed by atoms with Crippen molar-refractivity contribution in [3.63, 3.8) is 0 Å². The summed E-state index contributed by atoms with van der Waals surface area (Å²) in [6, 6.07) is 0.546. The third-order valence-electron chi connectivity index (χ3n) is 3.71. The first-order valence-electron chi connectivity index (χ1n) is 6.55. The smallest absolute Gasteiger partial charge is 0.226 e. The number of hydrogen-bond donors (Lipinski definition) is 2. The van der Waals surface area contributed by atoms with Crippen molar-refractivity contribution < 1.29 is 0 Å². The number of anilines is 1. The number of hydrogen-bond acceptors (Lipinski definition) is 5. The normalized spacial score (nSPS) is 20.8. The molecule has 6 nitrogen and oxygen atoms in total. The predicted octanol–water partition coefficient (Wildman–Crippen LogP) is 1.90. The van der Waals surface area contributed by atoms with E-state index in [2.05, 4.69) is 37.4 Å². The van der Waals surface area contributed by atoms with E-state index >= 15 is 0 Å². The van der Waals surface area contributed by atoms with Gasteiger partial charge < -0.3 is 10.2 Å². The Bertz CT molecular complexity index is 568. The Morgan fingerprint density at radius 1 is 1.47 bits per heavy atom. The quantitative estimate of drug-likeness (QED) is 0.841. The van der Waals surface area contributed by atoms with Crippen molar-refractivity contribution >= 4 is 28.5 Å². The van der Waals surface area contributed by atoms with Gasteiger partial charge in [-0.25, -0.2) is 0 Å². The molecule has 0 bridgehead atoms. The van der Waals surface area contributed by atoms with Crippen LogP contribution in [0.5, 0.6) is 0 Å². The second kappa shape index (κ2) is 5.30. The second-order valence-electron chi connectivity index (χ2n) is 4.98. The van der Waals surface area contributed by atoms with Crippen molar-refractivity contribution in [3.8, 4) is 0 Å². The zero-order valence-electron chi connectivity index (χ0n) is 10.9. The fourth-order valence-electron chi connectivity index (χ4n) is 2.56. The molecule has 3 rings (SSSR count). The largest absolute Gasteiger partial charge is 0.368 e. The monoisotopic (exact) mass is 280 g/mol. The fraction of sp³-hybridized carbons (Fsp3) is 0.583. The second-order valence-corrected chi connectivity index (χ2v) is 5.32. The number of rotatable bonds is 3. The molecule has 2 N–H and O–H groups in total. The van der Waals surface area contributed by atoms with Gasteiger partial charge in [-0.05, 0) is 38.0 Å². The maximum Gasteiger partial charge on any atom is 0.226 e. The number of nitrogens with zero attached hydrogens (tertiary/aromatic N) is 4. The molecule has 19 heavy (non-hydrogen) atoms. The van der Waals surface area contributed by atoms with Crippen LogP contribution in [0.15, 0.2) is 6.20 Å². The van der Waals surface area contributed by atoms with Gasteiger partial charge >= 0.3 is 0 Å². The van der Waals surface area contributed by atoms with Crippen LogP contribution in [-0.4, -0.2) is 51.2 Å². The van der Waals surface area contributed by atoms with Crippen LogP contribution in [-0.2, 0) is 0 Å². The average molecular weight is 281 g/mol. The highest BCUT2D eigenvalue weighted by molar-refractivity contribution is 6.28. The summed E-state index contributed by atoms with van der Waals surface area (Å²) in [5.74, 6) is 0.753. The molecule has 0 spiro atoms. The molecular formula is C12H17ClN6.